The number of phenols is 1. The van der Waals surface area contributed by atoms with E-state index in [1.807, 2.05) is 0 Å². The number of anilines is 1. The van der Waals surface area contributed by atoms with Crippen molar-refractivity contribution in [2.75, 3.05) is 18.4 Å². The largest absolute Gasteiger partial charge is 0.508 e. The molecule has 23 heavy (non-hydrogen) atoms. The van der Waals surface area contributed by atoms with Gasteiger partial charge in [0.2, 0.25) is 10.0 Å². The average Bonchev–Trinajstić information content (AvgIpc) is 3.21. The first-order valence-electron chi connectivity index (χ1n) is 7.16. The predicted molar refractivity (Wildman–Crippen MR) is 88.4 cm³/mol. The van der Waals surface area contributed by atoms with Gasteiger partial charge in [0.25, 0.3) is 5.91 Å². The predicted octanol–water partition coefficient (Wildman–Crippen LogP) is 2.49. The molecular formula is C15H16N2O4S2. The van der Waals surface area contributed by atoms with E-state index < -0.39 is 10.0 Å². The molecule has 1 aromatic heterocycles. The number of nitrogens with one attached hydrogen (secondary N) is 1. The molecule has 1 aliphatic rings. The van der Waals surface area contributed by atoms with Crippen molar-refractivity contribution >= 4 is 33.0 Å². The highest BCUT2D eigenvalue weighted by Gasteiger charge is 2.28. The number of hydrogen-bond donors (Lipinski definition) is 2. The Hall–Kier alpha value is -1.90. The molecule has 0 radical (unpaired) electrons. The van der Waals surface area contributed by atoms with Gasteiger partial charge in [0.15, 0.2) is 0 Å². The van der Waals surface area contributed by atoms with E-state index >= 15 is 0 Å². The van der Waals surface area contributed by atoms with Gasteiger partial charge in [-0.2, -0.15) is 4.31 Å². The van der Waals surface area contributed by atoms with Gasteiger partial charge in [-0.1, -0.05) is 0 Å². The topological polar surface area (TPSA) is 86.7 Å². The zero-order valence-corrected chi connectivity index (χ0v) is 13.9. The highest BCUT2D eigenvalue weighted by atomic mass is 32.2. The smallest absolute Gasteiger partial charge is 0.265 e. The summed E-state index contributed by atoms with van der Waals surface area (Å²) in [5.74, 6) is -0.262. The fourth-order valence-electron chi connectivity index (χ4n) is 2.39. The number of benzene rings is 1. The van der Waals surface area contributed by atoms with Crippen LogP contribution in [0.25, 0.3) is 0 Å². The molecule has 0 aliphatic carbocycles. The van der Waals surface area contributed by atoms with Crippen molar-refractivity contribution in [3.8, 4) is 5.75 Å². The number of aromatic hydroxyl groups is 1. The molecule has 1 fully saturated rings. The lowest BCUT2D eigenvalue weighted by molar-refractivity contribution is 0.103. The fourth-order valence-corrected chi connectivity index (χ4v) is 5.06. The first kappa shape index (κ1) is 16.0. The lowest BCUT2D eigenvalue weighted by atomic mass is 10.3. The lowest BCUT2D eigenvalue weighted by Gasteiger charge is -2.13. The third kappa shape index (κ3) is 3.39. The number of nitrogens with zero attached hydrogens (tertiary/aromatic N) is 1. The van der Waals surface area contributed by atoms with Gasteiger partial charge in [-0.15, -0.1) is 11.3 Å². The Balaban J connectivity index is 1.76. The zero-order valence-electron chi connectivity index (χ0n) is 12.2. The van der Waals surface area contributed by atoms with Crippen LogP contribution in [0.3, 0.4) is 0 Å². The van der Waals surface area contributed by atoms with Crippen LogP contribution in [0.4, 0.5) is 5.69 Å². The number of carbonyl (C=O) groups excluding carboxylic acids is 1. The van der Waals surface area contributed by atoms with Crippen LogP contribution in [-0.2, 0) is 10.0 Å². The van der Waals surface area contributed by atoms with Crippen LogP contribution in [0, 0.1) is 0 Å². The summed E-state index contributed by atoms with van der Waals surface area (Å²) in [7, 11) is -3.50. The highest BCUT2D eigenvalue weighted by molar-refractivity contribution is 7.89. The summed E-state index contributed by atoms with van der Waals surface area (Å²) in [4.78, 5) is 12.7. The van der Waals surface area contributed by atoms with E-state index in [4.69, 9.17) is 0 Å². The van der Waals surface area contributed by atoms with Gasteiger partial charge in [0.1, 0.15) is 5.75 Å². The van der Waals surface area contributed by atoms with Gasteiger partial charge in [-0.05, 0) is 43.2 Å². The van der Waals surface area contributed by atoms with Crippen molar-refractivity contribution in [3.05, 3.63) is 40.6 Å². The van der Waals surface area contributed by atoms with Crippen molar-refractivity contribution in [1.29, 1.82) is 0 Å². The van der Waals surface area contributed by atoms with Crippen LogP contribution >= 0.6 is 11.3 Å². The summed E-state index contributed by atoms with van der Waals surface area (Å²) in [5, 5.41) is 13.4. The Morgan fingerprint density at radius 1 is 1.17 bits per heavy atom. The van der Waals surface area contributed by atoms with E-state index in [9.17, 15) is 18.3 Å². The summed E-state index contributed by atoms with van der Waals surface area (Å²) in [6.45, 7) is 1.07. The Bertz CT molecular complexity index is 806. The van der Waals surface area contributed by atoms with E-state index in [1.54, 1.807) is 12.1 Å². The molecule has 6 nitrogen and oxygen atoms in total. The highest BCUT2D eigenvalue weighted by Crippen LogP contribution is 2.26. The van der Waals surface area contributed by atoms with Gasteiger partial charge in [-0.3, -0.25) is 4.79 Å². The molecule has 0 saturated carbocycles. The van der Waals surface area contributed by atoms with Crippen LogP contribution in [-0.4, -0.2) is 36.8 Å². The summed E-state index contributed by atoms with van der Waals surface area (Å²) in [6, 6.07) is 7.49. The maximum absolute atomic E-state index is 12.4. The monoisotopic (exact) mass is 352 g/mol. The molecule has 1 saturated heterocycles. The van der Waals surface area contributed by atoms with Crippen LogP contribution in [0.5, 0.6) is 5.75 Å². The van der Waals surface area contributed by atoms with Crippen LogP contribution in [0.2, 0.25) is 0 Å². The molecule has 0 bridgehead atoms. The molecule has 3 rings (SSSR count). The van der Waals surface area contributed by atoms with Gasteiger partial charge in [-0.25, -0.2) is 8.42 Å². The first-order valence-corrected chi connectivity index (χ1v) is 9.48. The van der Waals surface area contributed by atoms with Crippen LogP contribution < -0.4 is 5.32 Å². The van der Waals surface area contributed by atoms with Crippen LogP contribution in [0.15, 0.2) is 40.6 Å². The Kier molecular flexibility index (Phi) is 4.38. The standard InChI is InChI=1S/C15H16N2O4S2/c18-12-5-3-11(4-6-12)16-15(19)14-9-13(10-22-14)23(20,21)17-7-1-2-8-17/h3-6,9-10,18H,1-2,7-8H2,(H,16,19). The summed E-state index contributed by atoms with van der Waals surface area (Å²) in [5.41, 5.74) is 0.533. The molecule has 8 heteroatoms. The van der Waals surface area contributed by atoms with Crippen molar-refractivity contribution in [2.45, 2.75) is 17.7 Å². The van der Waals surface area contributed by atoms with Gasteiger partial charge in [0, 0.05) is 24.2 Å². The van der Waals surface area contributed by atoms with E-state index in [2.05, 4.69) is 5.32 Å². The number of phenolic OH excluding ortho intramolecular Hbond substituents is 1. The average molecular weight is 352 g/mol. The molecule has 1 amide bonds. The number of hydrogen-bond acceptors (Lipinski definition) is 5. The normalized spacial score (nSPS) is 15.7. The minimum Gasteiger partial charge on any atom is -0.508 e. The molecule has 2 N–H and O–H groups in total. The lowest BCUT2D eigenvalue weighted by Crippen LogP contribution is -2.27. The Labute approximate surface area is 138 Å². The summed E-state index contributed by atoms with van der Waals surface area (Å²) < 4.78 is 26.3. The van der Waals surface area contributed by atoms with Gasteiger partial charge >= 0.3 is 0 Å². The number of amides is 1. The maximum Gasteiger partial charge on any atom is 0.265 e. The second-order valence-electron chi connectivity index (χ2n) is 5.26. The number of sulfonamides is 1. The fraction of sp³-hybridized carbons (Fsp3) is 0.267. The molecule has 122 valence electrons. The summed E-state index contributed by atoms with van der Waals surface area (Å²) in [6.07, 6.45) is 1.75. The number of rotatable bonds is 4. The minimum atomic E-state index is -3.50. The molecule has 0 atom stereocenters. The number of thiophene rings is 1. The molecule has 0 spiro atoms. The molecule has 1 aliphatic heterocycles. The van der Waals surface area contributed by atoms with Gasteiger partial charge in [0.05, 0.1) is 9.77 Å². The molecule has 1 aromatic carbocycles. The third-order valence-electron chi connectivity index (χ3n) is 3.63. The molecular weight excluding hydrogens is 336 g/mol. The first-order chi connectivity index (χ1) is 11.0. The van der Waals surface area contributed by atoms with E-state index in [0.717, 1.165) is 24.2 Å². The molecule has 0 unspecified atom stereocenters. The van der Waals surface area contributed by atoms with Crippen molar-refractivity contribution in [2.24, 2.45) is 0 Å². The number of carbonyl (C=O) groups is 1. The zero-order chi connectivity index (χ0) is 16.4. The van der Waals surface area contributed by atoms with E-state index in [1.165, 1.54) is 27.9 Å². The maximum atomic E-state index is 12.4. The van der Waals surface area contributed by atoms with E-state index in [0.29, 0.717) is 23.7 Å². The Morgan fingerprint density at radius 3 is 2.48 bits per heavy atom. The minimum absolute atomic E-state index is 0.109. The third-order valence-corrected chi connectivity index (χ3v) is 6.58. The van der Waals surface area contributed by atoms with Crippen molar-refractivity contribution in [1.82, 2.24) is 4.31 Å². The van der Waals surface area contributed by atoms with Crippen molar-refractivity contribution < 1.29 is 18.3 Å². The van der Waals surface area contributed by atoms with Crippen LogP contribution in [0.1, 0.15) is 22.5 Å². The molecule has 2 aromatic rings. The van der Waals surface area contributed by atoms with Gasteiger partial charge < -0.3 is 10.4 Å². The Morgan fingerprint density at radius 2 is 1.83 bits per heavy atom. The molecule has 2 heterocycles. The second kappa shape index (κ2) is 6.31. The second-order valence-corrected chi connectivity index (χ2v) is 8.11. The van der Waals surface area contributed by atoms with Crippen molar-refractivity contribution in [3.63, 3.8) is 0 Å². The quantitative estimate of drug-likeness (QED) is 0.828. The summed E-state index contributed by atoms with van der Waals surface area (Å²) >= 11 is 1.10. The van der Waals surface area contributed by atoms with E-state index in [-0.39, 0.29) is 16.6 Å². The SMILES string of the molecule is O=C(Nc1ccc(O)cc1)c1cc(S(=O)(=O)N2CCCC2)cs1.